The summed E-state index contributed by atoms with van der Waals surface area (Å²) >= 11 is 0. The van der Waals surface area contributed by atoms with Gasteiger partial charge in [0.15, 0.2) is 0 Å². The van der Waals surface area contributed by atoms with Gasteiger partial charge in [-0.3, -0.25) is 4.79 Å². The summed E-state index contributed by atoms with van der Waals surface area (Å²) in [5.74, 6) is 0.875. The summed E-state index contributed by atoms with van der Waals surface area (Å²) in [5.41, 5.74) is 6.64. The largest absolute Gasteiger partial charge is 0.497 e. The summed E-state index contributed by atoms with van der Waals surface area (Å²) in [6.07, 6.45) is 2.61. The van der Waals surface area contributed by atoms with Gasteiger partial charge in [-0.1, -0.05) is 0 Å². The molecule has 5 nitrogen and oxygen atoms in total. The van der Waals surface area contributed by atoms with Gasteiger partial charge in [0.05, 0.1) is 7.11 Å². The first-order valence-corrected chi connectivity index (χ1v) is 6.61. The van der Waals surface area contributed by atoms with Gasteiger partial charge in [0, 0.05) is 30.7 Å². The normalized spacial score (nSPS) is 15.7. The molecule has 1 aromatic carbocycles. The zero-order valence-corrected chi connectivity index (χ0v) is 11.2. The zero-order chi connectivity index (χ0) is 13.7. The van der Waals surface area contributed by atoms with E-state index >= 15 is 0 Å². The minimum absolute atomic E-state index is 0.0489. The summed E-state index contributed by atoms with van der Waals surface area (Å²) in [7, 11) is 1.63. The van der Waals surface area contributed by atoms with E-state index < -0.39 is 0 Å². The lowest BCUT2D eigenvalue weighted by Gasteiger charge is -2.18. The highest BCUT2D eigenvalue weighted by Crippen LogP contribution is 2.19. The second-order valence-electron chi connectivity index (χ2n) is 4.85. The van der Waals surface area contributed by atoms with Crippen molar-refractivity contribution in [2.75, 3.05) is 19.0 Å². The van der Waals surface area contributed by atoms with Crippen LogP contribution >= 0.6 is 0 Å². The first-order chi connectivity index (χ1) is 9.21. The SMILES string of the molecule is COc1ccc(NC(CN)CC(=O)NC2CC2)cc1. The summed E-state index contributed by atoms with van der Waals surface area (Å²) in [5, 5.41) is 6.23. The highest BCUT2D eigenvalue weighted by molar-refractivity contribution is 5.77. The third-order valence-corrected chi connectivity index (χ3v) is 3.12. The summed E-state index contributed by atoms with van der Waals surface area (Å²) in [4.78, 5) is 11.7. The molecule has 19 heavy (non-hydrogen) atoms. The molecule has 0 bridgehead atoms. The molecule has 104 valence electrons. The molecule has 1 saturated carbocycles. The van der Waals surface area contributed by atoms with E-state index in [0.717, 1.165) is 24.3 Å². The number of benzene rings is 1. The van der Waals surface area contributed by atoms with Crippen molar-refractivity contribution in [3.63, 3.8) is 0 Å². The van der Waals surface area contributed by atoms with Gasteiger partial charge in [-0.2, -0.15) is 0 Å². The lowest BCUT2D eigenvalue weighted by atomic mass is 10.1. The van der Waals surface area contributed by atoms with Crippen molar-refractivity contribution in [3.8, 4) is 5.75 Å². The molecule has 1 unspecified atom stereocenters. The average Bonchev–Trinajstić information content (AvgIpc) is 3.22. The van der Waals surface area contributed by atoms with Gasteiger partial charge in [-0.25, -0.2) is 0 Å². The van der Waals surface area contributed by atoms with Gasteiger partial charge < -0.3 is 21.1 Å². The van der Waals surface area contributed by atoms with Crippen LogP contribution in [0.5, 0.6) is 5.75 Å². The number of methoxy groups -OCH3 is 1. The molecule has 4 N–H and O–H groups in total. The molecule has 0 spiro atoms. The number of anilines is 1. The Hall–Kier alpha value is -1.75. The van der Waals surface area contributed by atoms with Gasteiger partial charge in [-0.15, -0.1) is 0 Å². The Kier molecular flexibility index (Phi) is 4.63. The average molecular weight is 263 g/mol. The molecule has 5 heteroatoms. The first kappa shape index (κ1) is 13.7. The maximum Gasteiger partial charge on any atom is 0.222 e. The van der Waals surface area contributed by atoms with E-state index in [1.165, 1.54) is 0 Å². The Bertz CT molecular complexity index is 415. The van der Waals surface area contributed by atoms with Crippen molar-refractivity contribution >= 4 is 11.6 Å². The quantitative estimate of drug-likeness (QED) is 0.688. The topological polar surface area (TPSA) is 76.4 Å². The molecule has 0 saturated heterocycles. The van der Waals surface area contributed by atoms with Crippen LogP contribution in [0.25, 0.3) is 0 Å². The summed E-state index contributed by atoms with van der Waals surface area (Å²) in [6, 6.07) is 7.93. The molecule has 1 aromatic rings. The number of carbonyl (C=O) groups excluding carboxylic acids is 1. The van der Waals surface area contributed by atoms with Gasteiger partial charge in [-0.05, 0) is 37.1 Å². The van der Waals surface area contributed by atoms with E-state index in [1.807, 2.05) is 24.3 Å². The number of ether oxygens (including phenoxy) is 1. The van der Waals surface area contributed by atoms with Crippen LogP contribution < -0.4 is 21.1 Å². The second kappa shape index (κ2) is 6.43. The molecule has 0 heterocycles. The van der Waals surface area contributed by atoms with Crippen molar-refractivity contribution in [2.45, 2.75) is 31.3 Å². The number of rotatable bonds is 7. The third kappa shape index (κ3) is 4.44. The number of nitrogens with two attached hydrogens (primary N) is 1. The highest BCUT2D eigenvalue weighted by atomic mass is 16.5. The molecule has 1 atom stereocenters. The first-order valence-electron chi connectivity index (χ1n) is 6.61. The maximum absolute atomic E-state index is 11.7. The van der Waals surface area contributed by atoms with Crippen molar-refractivity contribution in [1.82, 2.24) is 5.32 Å². The van der Waals surface area contributed by atoms with Gasteiger partial charge in [0.2, 0.25) is 5.91 Å². The predicted molar refractivity (Wildman–Crippen MR) is 75.2 cm³/mol. The highest BCUT2D eigenvalue weighted by Gasteiger charge is 2.24. The molecule has 1 amide bonds. The summed E-state index contributed by atoms with van der Waals surface area (Å²) < 4.78 is 5.10. The molecule has 0 aromatic heterocycles. The fourth-order valence-corrected chi connectivity index (χ4v) is 1.85. The van der Waals surface area contributed by atoms with Crippen LogP contribution in [0.2, 0.25) is 0 Å². The molecular weight excluding hydrogens is 242 g/mol. The number of amides is 1. The lowest BCUT2D eigenvalue weighted by Crippen LogP contribution is -2.36. The Morgan fingerprint density at radius 1 is 1.42 bits per heavy atom. The Labute approximate surface area is 113 Å². The van der Waals surface area contributed by atoms with Crippen LogP contribution in [0.4, 0.5) is 5.69 Å². The van der Waals surface area contributed by atoms with Crippen LogP contribution in [0.1, 0.15) is 19.3 Å². The zero-order valence-electron chi connectivity index (χ0n) is 11.2. The number of hydrogen-bond donors (Lipinski definition) is 3. The van der Waals surface area contributed by atoms with Gasteiger partial charge >= 0.3 is 0 Å². The smallest absolute Gasteiger partial charge is 0.222 e. The molecule has 1 aliphatic rings. The monoisotopic (exact) mass is 263 g/mol. The molecule has 1 aliphatic carbocycles. The van der Waals surface area contributed by atoms with Crippen LogP contribution in [-0.4, -0.2) is 31.6 Å². The molecule has 2 rings (SSSR count). The fourth-order valence-electron chi connectivity index (χ4n) is 1.85. The van der Waals surface area contributed by atoms with Crippen molar-refractivity contribution in [2.24, 2.45) is 5.73 Å². The number of carbonyl (C=O) groups is 1. The minimum atomic E-state index is -0.0489. The van der Waals surface area contributed by atoms with Crippen molar-refractivity contribution in [1.29, 1.82) is 0 Å². The van der Waals surface area contributed by atoms with E-state index in [4.69, 9.17) is 10.5 Å². The molecule has 0 aliphatic heterocycles. The van der Waals surface area contributed by atoms with Crippen LogP contribution in [0.3, 0.4) is 0 Å². The Balaban J connectivity index is 1.84. The Morgan fingerprint density at radius 2 is 2.11 bits per heavy atom. The van der Waals surface area contributed by atoms with Crippen molar-refractivity contribution < 1.29 is 9.53 Å². The molecule has 0 radical (unpaired) electrons. The van der Waals surface area contributed by atoms with Crippen molar-refractivity contribution in [3.05, 3.63) is 24.3 Å². The van der Waals surface area contributed by atoms with E-state index in [-0.39, 0.29) is 11.9 Å². The number of hydrogen-bond acceptors (Lipinski definition) is 4. The molecule has 1 fully saturated rings. The van der Waals surface area contributed by atoms with Crippen LogP contribution in [0, 0.1) is 0 Å². The number of nitrogens with one attached hydrogen (secondary N) is 2. The third-order valence-electron chi connectivity index (χ3n) is 3.12. The maximum atomic E-state index is 11.7. The van der Waals surface area contributed by atoms with Crippen LogP contribution in [-0.2, 0) is 4.79 Å². The summed E-state index contributed by atoms with van der Waals surface area (Å²) in [6.45, 7) is 0.421. The second-order valence-corrected chi connectivity index (χ2v) is 4.85. The van der Waals surface area contributed by atoms with Gasteiger partial charge in [0.25, 0.3) is 0 Å². The van der Waals surface area contributed by atoms with E-state index in [0.29, 0.717) is 19.0 Å². The van der Waals surface area contributed by atoms with E-state index in [2.05, 4.69) is 10.6 Å². The lowest BCUT2D eigenvalue weighted by molar-refractivity contribution is -0.121. The minimum Gasteiger partial charge on any atom is -0.497 e. The standard InChI is InChI=1S/C14H21N3O2/c1-19-13-6-4-10(5-7-13)16-12(9-15)8-14(18)17-11-2-3-11/h4-7,11-12,16H,2-3,8-9,15H2,1H3,(H,17,18). The van der Waals surface area contributed by atoms with Crippen LogP contribution in [0.15, 0.2) is 24.3 Å². The van der Waals surface area contributed by atoms with E-state index in [9.17, 15) is 4.79 Å². The van der Waals surface area contributed by atoms with Gasteiger partial charge in [0.1, 0.15) is 5.75 Å². The molecular formula is C14H21N3O2. The fraction of sp³-hybridized carbons (Fsp3) is 0.500. The van der Waals surface area contributed by atoms with E-state index in [1.54, 1.807) is 7.11 Å². The Morgan fingerprint density at radius 3 is 2.63 bits per heavy atom. The predicted octanol–water partition coefficient (Wildman–Crippen LogP) is 1.10.